The van der Waals surface area contributed by atoms with Crippen molar-refractivity contribution in [3.8, 4) is 11.5 Å². The van der Waals surface area contributed by atoms with Gasteiger partial charge in [0, 0.05) is 12.1 Å². The maximum atomic E-state index is 12.2. The van der Waals surface area contributed by atoms with E-state index in [0.717, 1.165) is 24.3 Å². The standard InChI is InChI=1S/C22H29ClN2O4/c1-27-19-7-17(6-18(23)21(19)28-2)11-25-29-12-20(26)24-13-22-8-14-3-15(9-22)5-16(4-14)10-22/h6-7,11,14-16H,3-5,8-10,12-13H2,1-2H3,(H,24,26)/b25-11-. The Labute approximate surface area is 176 Å². The number of oxime groups is 1. The molecule has 4 fully saturated rings. The van der Waals surface area contributed by atoms with E-state index in [4.69, 9.17) is 25.9 Å². The van der Waals surface area contributed by atoms with Crippen LogP contribution in [0, 0.1) is 23.2 Å². The topological polar surface area (TPSA) is 69.2 Å². The first-order chi connectivity index (χ1) is 14.0. The highest BCUT2D eigenvalue weighted by molar-refractivity contribution is 6.32. The summed E-state index contributed by atoms with van der Waals surface area (Å²) in [6, 6.07) is 3.44. The van der Waals surface area contributed by atoms with Crippen molar-refractivity contribution >= 4 is 23.7 Å². The van der Waals surface area contributed by atoms with Crippen LogP contribution in [0.3, 0.4) is 0 Å². The first-order valence-electron chi connectivity index (χ1n) is 10.3. The summed E-state index contributed by atoms with van der Waals surface area (Å²) >= 11 is 6.18. The van der Waals surface area contributed by atoms with Gasteiger partial charge in [0.1, 0.15) is 0 Å². The van der Waals surface area contributed by atoms with Crippen LogP contribution in [-0.2, 0) is 9.63 Å². The van der Waals surface area contributed by atoms with Gasteiger partial charge in [0.15, 0.2) is 18.1 Å². The van der Waals surface area contributed by atoms with Crippen molar-refractivity contribution in [2.45, 2.75) is 38.5 Å². The molecule has 1 amide bonds. The van der Waals surface area contributed by atoms with Crippen molar-refractivity contribution in [1.29, 1.82) is 0 Å². The number of ether oxygens (including phenoxy) is 2. The minimum atomic E-state index is -0.122. The number of rotatable bonds is 8. The van der Waals surface area contributed by atoms with E-state index in [0.29, 0.717) is 27.5 Å². The third-order valence-corrected chi connectivity index (χ3v) is 7.03. The Balaban J connectivity index is 1.25. The minimum absolute atomic E-state index is 0.0934. The predicted molar refractivity (Wildman–Crippen MR) is 112 cm³/mol. The van der Waals surface area contributed by atoms with Crippen LogP contribution < -0.4 is 14.8 Å². The van der Waals surface area contributed by atoms with Crippen molar-refractivity contribution in [3.05, 3.63) is 22.7 Å². The molecule has 1 aromatic rings. The summed E-state index contributed by atoms with van der Waals surface area (Å²) in [5.41, 5.74) is 1.02. The van der Waals surface area contributed by atoms with Crippen LogP contribution in [0.5, 0.6) is 11.5 Å². The molecule has 0 spiro atoms. The Kier molecular flexibility index (Phi) is 5.91. The molecule has 0 heterocycles. The summed E-state index contributed by atoms with van der Waals surface area (Å²) in [5.74, 6) is 3.50. The molecule has 5 rings (SSSR count). The van der Waals surface area contributed by atoms with E-state index in [2.05, 4.69) is 10.5 Å². The van der Waals surface area contributed by atoms with E-state index in [-0.39, 0.29) is 12.5 Å². The van der Waals surface area contributed by atoms with E-state index in [1.165, 1.54) is 51.8 Å². The van der Waals surface area contributed by atoms with E-state index in [1.807, 2.05) is 0 Å². The van der Waals surface area contributed by atoms with Crippen LogP contribution in [0.2, 0.25) is 5.02 Å². The molecular formula is C22H29ClN2O4. The van der Waals surface area contributed by atoms with Gasteiger partial charge in [0.25, 0.3) is 5.91 Å². The maximum absolute atomic E-state index is 12.2. The molecule has 0 aromatic heterocycles. The second-order valence-electron chi connectivity index (χ2n) is 8.94. The molecule has 4 saturated carbocycles. The highest BCUT2D eigenvalue weighted by atomic mass is 35.5. The average molecular weight is 421 g/mol. The van der Waals surface area contributed by atoms with Gasteiger partial charge in [-0.05, 0) is 73.8 Å². The molecular weight excluding hydrogens is 392 g/mol. The number of hydrogen-bond acceptors (Lipinski definition) is 5. The monoisotopic (exact) mass is 420 g/mol. The maximum Gasteiger partial charge on any atom is 0.260 e. The Morgan fingerprint density at radius 1 is 1.17 bits per heavy atom. The van der Waals surface area contributed by atoms with Gasteiger partial charge in [0.2, 0.25) is 0 Å². The van der Waals surface area contributed by atoms with E-state index < -0.39 is 0 Å². The van der Waals surface area contributed by atoms with Gasteiger partial charge < -0.3 is 19.6 Å². The summed E-state index contributed by atoms with van der Waals surface area (Å²) in [6.45, 7) is 0.678. The molecule has 0 aliphatic heterocycles. The Morgan fingerprint density at radius 2 is 1.83 bits per heavy atom. The molecule has 6 nitrogen and oxygen atoms in total. The zero-order valence-corrected chi connectivity index (χ0v) is 17.8. The largest absolute Gasteiger partial charge is 0.493 e. The second kappa shape index (κ2) is 8.42. The predicted octanol–water partition coefficient (Wildman–Crippen LogP) is 4.04. The average Bonchev–Trinajstić information content (AvgIpc) is 2.68. The number of methoxy groups -OCH3 is 2. The van der Waals surface area contributed by atoms with E-state index in [1.54, 1.807) is 19.2 Å². The number of halogens is 1. The van der Waals surface area contributed by atoms with Crippen molar-refractivity contribution in [3.63, 3.8) is 0 Å². The molecule has 0 unspecified atom stereocenters. The van der Waals surface area contributed by atoms with Gasteiger partial charge in [-0.25, -0.2) is 0 Å². The van der Waals surface area contributed by atoms with Crippen molar-refractivity contribution < 1.29 is 19.1 Å². The van der Waals surface area contributed by atoms with E-state index >= 15 is 0 Å². The lowest BCUT2D eigenvalue weighted by molar-refractivity contribution is -0.127. The number of carbonyl (C=O) groups is 1. The Hall–Kier alpha value is -1.95. The summed E-state index contributed by atoms with van der Waals surface area (Å²) in [4.78, 5) is 17.4. The fraction of sp³-hybridized carbons (Fsp3) is 0.636. The molecule has 4 bridgehead atoms. The summed E-state index contributed by atoms with van der Waals surface area (Å²) in [7, 11) is 3.07. The summed E-state index contributed by atoms with van der Waals surface area (Å²) in [5, 5.41) is 7.39. The number of nitrogens with zero attached hydrogens (tertiary/aromatic N) is 1. The van der Waals surface area contributed by atoms with Gasteiger partial charge in [-0.3, -0.25) is 4.79 Å². The molecule has 0 radical (unpaired) electrons. The van der Waals surface area contributed by atoms with Crippen LogP contribution in [0.25, 0.3) is 0 Å². The van der Waals surface area contributed by atoms with Gasteiger partial charge in [-0.1, -0.05) is 16.8 Å². The van der Waals surface area contributed by atoms with Crippen LogP contribution >= 0.6 is 11.6 Å². The number of benzene rings is 1. The Bertz CT molecular complexity index is 760. The molecule has 0 atom stereocenters. The highest BCUT2D eigenvalue weighted by Crippen LogP contribution is 2.59. The highest BCUT2D eigenvalue weighted by Gasteiger charge is 2.50. The molecule has 1 N–H and O–H groups in total. The van der Waals surface area contributed by atoms with Crippen molar-refractivity contribution in [1.82, 2.24) is 5.32 Å². The van der Waals surface area contributed by atoms with Crippen LogP contribution in [0.15, 0.2) is 17.3 Å². The second-order valence-corrected chi connectivity index (χ2v) is 9.35. The van der Waals surface area contributed by atoms with Crippen LogP contribution in [0.4, 0.5) is 0 Å². The zero-order chi connectivity index (χ0) is 20.4. The fourth-order valence-corrected chi connectivity index (χ4v) is 6.35. The quantitative estimate of drug-likeness (QED) is 0.509. The van der Waals surface area contributed by atoms with Gasteiger partial charge >= 0.3 is 0 Å². The van der Waals surface area contributed by atoms with Gasteiger partial charge in [-0.2, -0.15) is 0 Å². The summed E-state index contributed by atoms with van der Waals surface area (Å²) < 4.78 is 10.5. The third kappa shape index (κ3) is 4.47. The molecule has 0 saturated heterocycles. The number of nitrogens with one attached hydrogen (secondary N) is 1. The zero-order valence-electron chi connectivity index (χ0n) is 17.1. The normalized spacial score (nSPS) is 29.8. The van der Waals surface area contributed by atoms with Crippen LogP contribution in [-0.4, -0.2) is 39.5 Å². The Morgan fingerprint density at radius 3 is 2.41 bits per heavy atom. The molecule has 7 heteroatoms. The number of amides is 1. The molecule has 29 heavy (non-hydrogen) atoms. The lowest BCUT2D eigenvalue weighted by atomic mass is 9.49. The molecule has 1 aromatic carbocycles. The molecule has 4 aliphatic carbocycles. The molecule has 158 valence electrons. The number of carbonyl (C=O) groups excluding carboxylic acids is 1. The SMILES string of the molecule is COc1cc(/C=N\OCC(=O)NCC23CC4CC(CC(C4)C2)C3)cc(Cl)c1OC. The first kappa shape index (κ1) is 20.3. The van der Waals surface area contributed by atoms with Crippen molar-refractivity contribution in [2.75, 3.05) is 27.4 Å². The first-order valence-corrected chi connectivity index (χ1v) is 10.7. The fourth-order valence-electron chi connectivity index (χ4n) is 6.05. The van der Waals surface area contributed by atoms with E-state index in [9.17, 15) is 4.79 Å². The number of hydrogen-bond donors (Lipinski definition) is 1. The molecule has 4 aliphatic rings. The minimum Gasteiger partial charge on any atom is -0.493 e. The van der Waals surface area contributed by atoms with Crippen molar-refractivity contribution in [2.24, 2.45) is 28.3 Å². The van der Waals surface area contributed by atoms with Crippen LogP contribution in [0.1, 0.15) is 44.1 Å². The van der Waals surface area contributed by atoms with Gasteiger partial charge in [-0.15, -0.1) is 0 Å². The summed E-state index contributed by atoms with van der Waals surface area (Å²) in [6.07, 6.45) is 9.55. The lowest BCUT2D eigenvalue weighted by Gasteiger charge is -2.56. The lowest BCUT2D eigenvalue weighted by Crippen LogP contribution is -2.51. The third-order valence-electron chi connectivity index (χ3n) is 6.75. The van der Waals surface area contributed by atoms with Gasteiger partial charge in [0.05, 0.1) is 25.5 Å². The smallest absolute Gasteiger partial charge is 0.260 e.